The van der Waals surface area contributed by atoms with Crippen molar-refractivity contribution in [1.82, 2.24) is 5.32 Å². The smallest absolute Gasteiger partial charge is 0.340 e. The summed E-state index contributed by atoms with van der Waals surface area (Å²) in [6.45, 7) is 9.85. The quantitative estimate of drug-likeness (QED) is 0.493. The van der Waals surface area contributed by atoms with Crippen LogP contribution < -0.4 is 15.8 Å². The Balaban J connectivity index is 1.93. The van der Waals surface area contributed by atoms with Crippen LogP contribution in [0.4, 0.5) is 0 Å². The third-order valence-electron chi connectivity index (χ3n) is 5.30. The Labute approximate surface area is 170 Å². The number of quaternary nitrogens is 1. The van der Waals surface area contributed by atoms with Crippen molar-refractivity contribution in [2.75, 3.05) is 27.2 Å². The van der Waals surface area contributed by atoms with E-state index in [2.05, 4.69) is 40.2 Å². The summed E-state index contributed by atoms with van der Waals surface area (Å²) in [4.78, 5) is 26.2. The molecule has 6 heteroatoms. The Morgan fingerprint density at radius 2 is 1.86 bits per heavy atom. The van der Waals surface area contributed by atoms with Crippen LogP contribution in [0.3, 0.4) is 0 Å². The fourth-order valence-corrected chi connectivity index (χ4v) is 3.59. The van der Waals surface area contributed by atoms with E-state index in [0.717, 1.165) is 34.9 Å². The highest BCUT2D eigenvalue weighted by Gasteiger charge is 2.22. The van der Waals surface area contributed by atoms with Crippen LogP contribution in [0.2, 0.25) is 0 Å². The summed E-state index contributed by atoms with van der Waals surface area (Å²) in [5.41, 5.74) is 2.93. The molecule has 0 fully saturated rings. The number of fused-ring (bicyclic) bond motifs is 2. The summed E-state index contributed by atoms with van der Waals surface area (Å²) in [5, 5.41) is 4.74. The van der Waals surface area contributed by atoms with Gasteiger partial charge in [0.2, 0.25) is 5.91 Å². The number of nitrogens with one attached hydrogen (secondary N) is 2. The van der Waals surface area contributed by atoms with Crippen LogP contribution in [0.1, 0.15) is 43.9 Å². The molecule has 2 N–H and O–H groups in total. The van der Waals surface area contributed by atoms with Crippen molar-refractivity contribution in [3.05, 3.63) is 45.5 Å². The molecule has 0 spiro atoms. The summed E-state index contributed by atoms with van der Waals surface area (Å²) < 4.78 is 11.2. The zero-order valence-electron chi connectivity index (χ0n) is 18.2. The van der Waals surface area contributed by atoms with Gasteiger partial charge in [0.25, 0.3) is 0 Å². The molecule has 0 aliphatic carbocycles. The van der Waals surface area contributed by atoms with E-state index in [1.807, 2.05) is 13.0 Å². The summed E-state index contributed by atoms with van der Waals surface area (Å²) in [6.07, 6.45) is 2.68. The first-order valence-electron chi connectivity index (χ1n) is 10.1. The van der Waals surface area contributed by atoms with E-state index < -0.39 is 5.63 Å². The van der Waals surface area contributed by atoms with Crippen molar-refractivity contribution in [2.45, 2.75) is 46.0 Å². The molecule has 0 saturated heterocycles. The van der Waals surface area contributed by atoms with Crippen LogP contribution in [-0.2, 0) is 16.6 Å². The fourth-order valence-electron chi connectivity index (χ4n) is 3.59. The van der Waals surface area contributed by atoms with Crippen LogP contribution in [0, 0.1) is 6.92 Å². The zero-order valence-corrected chi connectivity index (χ0v) is 18.2. The number of amides is 1. The van der Waals surface area contributed by atoms with Gasteiger partial charge in [0.05, 0.1) is 38.9 Å². The molecule has 1 amide bonds. The Kier molecular flexibility index (Phi) is 5.85. The van der Waals surface area contributed by atoms with E-state index in [9.17, 15) is 9.59 Å². The number of benzene rings is 1. The first kappa shape index (κ1) is 21.1. The minimum Gasteiger partial charge on any atom is -0.464 e. The Morgan fingerprint density at radius 3 is 2.52 bits per heavy atom. The zero-order chi connectivity index (χ0) is 21.3. The molecule has 3 rings (SSSR count). The monoisotopic (exact) mass is 399 g/mol. The highest BCUT2D eigenvalue weighted by molar-refractivity contribution is 5.97. The number of hydrogen-bond acceptors (Lipinski definition) is 4. The first-order valence-corrected chi connectivity index (χ1v) is 10.1. The lowest BCUT2D eigenvalue weighted by Gasteiger charge is -2.16. The third-order valence-corrected chi connectivity index (χ3v) is 5.30. The topological polar surface area (TPSA) is 76.9 Å². The van der Waals surface area contributed by atoms with E-state index >= 15 is 0 Å². The van der Waals surface area contributed by atoms with Gasteiger partial charge < -0.3 is 19.1 Å². The van der Waals surface area contributed by atoms with E-state index in [-0.39, 0.29) is 17.7 Å². The molecule has 0 bridgehead atoms. The molecule has 6 nitrogen and oxygen atoms in total. The van der Waals surface area contributed by atoms with Crippen molar-refractivity contribution >= 4 is 27.8 Å². The molecular weight excluding hydrogens is 368 g/mol. The largest absolute Gasteiger partial charge is 0.464 e. The van der Waals surface area contributed by atoms with Crippen LogP contribution in [0.25, 0.3) is 21.9 Å². The maximum atomic E-state index is 12.5. The van der Waals surface area contributed by atoms with E-state index in [4.69, 9.17) is 8.83 Å². The van der Waals surface area contributed by atoms with Gasteiger partial charge in [-0.25, -0.2) is 4.79 Å². The lowest BCUT2D eigenvalue weighted by Crippen LogP contribution is -3.05. The summed E-state index contributed by atoms with van der Waals surface area (Å²) in [5.74, 6) is -0.159. The molecular formula is C23H31N2O4+. The normalized spacial score (nSPS) is 12.2. The lowest BCUT2D eigenvalue weighted by atomic mass is 9.86. The SMILES string of the molecule is Cc1c(CC(=O)NCCC[NH+](C)C)c(=O)oc2cc3occ(C(C)(C)C)c3cc12. The van der Waals surface area contributed by atoms with E-state index in [1.165, 1.54) is 4.90 Å². The van der Waals surface area contributed by atoms with Crippen molar-refractivity contribution in [2.24, 2.45) is 0 Å². The van der Waals surface area contributed by atoms with Crippen molar-refractivity contribution in [3.63, 3.8) is 0 Å². The maximum absolute atomic E-state index is 12.5. The predicted octanol–water partition coefficient (Wildman–Crippen LogP) is 2.34. The Morgan fingerprint density at radius 1 is 1.14 bits per heavy atom. The standard InChI is InChI=1S/C23H30N2O4/c1-14-15-10-17-18(23(2,3)4)13-28-19(17)12-20(15)29-22(27)16(14)11-21(26)24-8-7-9-25(5)6/h10,12-13H,7-9,11H2,1-6H3,(H,24,26)/p+1. The van der Waals surface area contributed by atoms with Gasteiger partial charge in [-0.15, -0.1) is 0 Å². The molecule has 2 heterocycles. The van der Waals surface area contributed by atoms with E-state index in [0.29, 0.717) is 23.3 Å². The molecule has 0 aliphatic rings. The lowest BCUT2D eigenvalue weighted by molar-refractivity contribution is -0.858. The molecule has 0 radical (unpaired) electrons. The molecule has 2 aromatic heterocycles. The van der Waals surface area contributed by atoms with Crippen LogP contribution >= 0.6 is 0 Å². The predicted molar refractivity (Wildman–Crippen MR) is 115 cm³/mol. The van der Waals surface area contributed by atoms with Crippen molar-refractivity contribution in [1.29, 1.82) is 0 Å². The Hall–Kier alpha value is -2.60. The van der Waals surface area contributed by atoms with Crippen molar-refractivity contribution < 1.29 is 18.5 Å². The average molecular weight is 400 g/mol. The molecule has 0 saturated carbocycles. The molecule has 29 heavy (non-hydrogen) atoms. The second kappa shape index (κ2) is 8.03. The second-order valence-corrected chi connectivity index (χ2v) is 9.07. The fraction of sp³-hybridized carbons (Fsp3) is 0.478. The molecule has 3 aromatic rings. The van der Waals surface area contributed by atoms with Crippen LogP contribution in [-0.4, -0.2) is 33.1 Å². The number of furan rings is 1. The molecule has 0 unspecified atom stereocenters. The van der Waals surface area contributed by atoms with Gasteiger partial charge in [0.15, 0.2) is 0 Å². The minimum absolute atomic E-state index is 0.0223. The average Bonchev–Trinajstić information content (AvgIpc) is 3.04. The number of carbonyl (C=O) groups excluding carboxylic acids is 1. The Bertz CT molecular complexity index is 1100. The summed E-state index contributed by atoms with van der Waals surface area (Å²) >= 11 is 0. The number of carbonyl (C=O) groups is 1. The highest BCUT2D eigenvalue weighted by atomic mass is 16.4. The maximum Gasteiger partial charge on any atom is 0.340 e. The minimum atomic E-state index is -0.468. The van der Waals surface area contributed by atoms with E-state index in [1.54, 1.807) is 12.3 Å². The van der Waals surface area contributed by atoms with Gasteiger partial charge in [0, 0.05) is 35.4 Å². The number of hydrogen-bond donors (Lipinski definition) is 2. The van der Waals surface area contributed by atoms with Crippen LogP contribution in [0.5, 0.6) is 0 Å². The number of rotatable bonds is 6. The van der Waals surface area contributed by atoms with Crippen LogP contribution in [0.15, 0.2) is 32.0 Å². The summed E-state index contributed by atoms with van der Waals surface area (Å²) in [7, 11) is 4.15. The first-order chi connectivity index (χ1) is 13.6. The number of aryl methyl sites for hydroxylation is 1. The second-order valence-electron chi connectivity index (χ2n) is 9.07. The van der Waals surface area contributed by atoms with Gasteiger partial charge in [-0.3, -0.25) is 4.79 Å². The third kappa shape index (κ3) is 4.53. The molecule has 156 valence electrons. The van der Waals surface area contributed by atoms with Gasteiger partial charge >= 0.3 is 5.63 Å². The molecule has 1 aromatic carbocycles. The van der Waals surface area contributed by atoms with Crippen molar-refractivity contribution in [3.8, 4) is 0 Å². The van der Waals surface area contributed by atoms with Gasteiger partial charge in [0.1, 0.15) is 11.2 Å². The summed E-state index contributed by atoms with van der Waals surface area (Å²) in [6, 6.07) is 3.77. The van der Waals surface area contributed by atoms with Gasteiger partial charge in [-0.2, -0.15) is 0 Å². The van der Waals surface area contributed by atoms with Gasteiger partial charge in [-0.1, -0.05) is 20.8 Å². The molecule has 0 aliphatic heterocycles. The van der Waals surface area contributed by atoms with Gasteiger partial charge in [-0.05, 0) is 24.0 Å². The highest BCUT2D eigenvalue weighted by Crippen LogP contribution is 2.35. The molecule has 0 atom stereocenters.